The summed E-state index contributed by atoms with van der Waals surface area (Å²) in [5.41, 5.74) is 0. The van der Waals surface area contributed by atoms with Crippen molar-refractivity contribution in [3.05, 3.63) is 0 Å². The molecule has 62 valence electrons. The molecule has 0 aromatic rings. The number of alkyl halides is 3. The van der Waals surface area contributed by atoms with Gasteiger partial charge in [-0.15, -0.1) is 0 Å². The molecule has 0 unspecified atom stereocenters. The van der Waals surface area contributed by atoms with Crippen molar-refractivity contribution in [2.45, 2.75) is 19.0 Å². The number of halogens is 3. The van der Waals surface area contributed by atoms with E-state index in [9.17, 15) is 18.0 Å². The first-order valence-corrected chi connectivity index (χ1v) is 3.04. The summed E-state index contributed by atoms with van der Waals surface area (Å²) in [5, 5.41) is 1.70. The monoisotopic (exact) mass is 183 g/mol. The second-order valence-electron chi connectivity index (χ2n) is 1.71. The molecule has 0 aliphatic carbocycles. The van der Waals surface area contributed by atoms with Gasteiger partial charge in [0.25, 0.3) is 5.91 Å². The largest absolute Gasteiger partial charge is 0.389 e. The molecule has 0 heterocycles. The van der Waals surface area contributed by atoms with Gasteiger partial charge < -0.3 is 0 Å². The third-order valence-corrected chi connectivity index (χ3v) is 0.884. The van der Waals surface area contributed by atoms with Gasteiger partial charge in [-0.3, -0.25) is 4.79 Å². The number of nitrogens with zero attached hydrogens (tertiary/aromatic N) is 1. The van der Waals surface area contributed by atoms with E-state index in [2.05, 4.69) is 17.2 Å². The molecule has 6 heteroatoms. The number of aliphatic imine (C=N–C) groups is 1. The van der Waals surface area contributed by atoms with Crippen molar-refractivity contribution in [2.75, 3.05) is 0 Å². The van der Waals surface area contributed by atoms with E-state index in [-0.39, 0.29) is 0 Å². The SMILES string of the molecule is O=C(CCC(F)(F)F)N=C=S. The maximum atomic E-state index is 11.4. The van der Waals surface area contributed by atoms with Gasteiger partial charge in [-0.05, 0) is 12.2 Å². The quantitative estimate of drug-likeness (QED) is 0.483. The van der Waals surface area contributed by atoms with Crippen LogP contribution in [0.25, 0.3) is 0 Å². The molecule has 0 bridgehead atoms. The topological polar surface area (TPSA) is 29.4 Å². The number of thiocarbonyl (C=S) groups is 1. The molecule has 0 saturated heterocycles. The zero-order valence-electron chi connectivity index (χ0n) is 5.31. The zero-order chi connectivity index (χ0) is 8.91. The number of carbonyl (C=O) groups is 1. The number of hydrogen-bond donors (Lipinski definition) is 0. The Morgan fingerprint density at radius 2 is 2.09 bits per heavy atom. The number of isothiocyanates is 1. The molecule has 0 saturated carbocycles. The Labute approximate surface area is 66.1 Å². The zero-order valence-corrected chi connectivity index (χ0v) is 6.13. The molecular weight excluding hydrogens is 179 g/mol. The smallest absolute Gasteiger partial charge is 0.272 e. The van der Waals surface area contributed by atoms with Crippen LogP contribution in [0.4, 0.5) is 13.2 Å². The Balaban J connectivity index is 3.72. The van der Waals surface area contributed by atoms with Crippen molar-refractivity contribution in [3.8, 4) is 0 Å². The maximum Gasteiger partial charge on any atom is 0.389 e. The summed E-state index contributed by atoms with van der Waals surface area (Å²) < 4.78 is 34.2. The van der Waals surface area contributed by atoms with Crippen molar-refractivity contribution in [3.63, 3.8) is 0 Å². The van der Waals surface area contributed by atoms with E-state index in [1.165, 1.54) is 0 Å². The normalized spacial score (nSPS) is 10.5. The van der Waals surface area contributed by atoms with Gasteiger partial charge in [0, 0.05) is 6.42 Å². The highest BCUT2D eigenvalue weighted by molar-refractivity contribution is 7.78. The van der Waals surface area contributed by atoms with Gasteiger partial charge in [-0.1, -0.05) is 0 Å². The lowest BCUT2D eigenvalue weighted by Gasteiger charge is -2.01. The molecule has 11 heavy (non-hydrogen) atoms. The summed E-state index contributed by atoms with van der Waals surface area (Å²) in [6, 6.07) is 0. The Kier molecular flexibility index (Phi) is 3.92. The lowest BCUT2D eigenvalue weighted by molar-refractivity contribution is -0.142. The average molecular weight is 183 g/mol. The maximum absolute atomic E-state index is 11.4. The Morgan fingerprint density at radius 3 is 2.45 bits per heavy atom. The van der Waals surface area contributed by atoms with Crippen LogP contribution in [0.2, 0.25) is 0 Å². The van der Waals surface area contributed by atoms with Crippen molar-refractivity contribution in [2.24, 2.45) is 4.99 Å². The molecule has 0 aliphatic heterocycles. The predicted octanol–water partition coefficient (Wildman–Crippen LogP) is 1.96. The Morgan fingerprint density at radius 1 is 1.55 bits per heavy atom. The lowest BCUT2D eigenvalue weighted by Crippen LogP contribution is -2.09. The standard InChI is InChI=1S/C5H4F3NOS/c6-5(7,8)2-1-4(10)9-3-11/h1-2H2. The van der Waals surface area contributed by atoms with Crippen LogP contribution in [0.5, 0.6) is 0 Å². The van der Waals surface area contributed by atoms with E-state index in [1.807, 2.05) is 0 Å². The van der Waals surface area contributed by atoms with Crippen LogP contribution in [0, 0.1) is 0 Å². The minimum Gasteiger partial charge on any atom is -0.272 e. The Hall–Kier alpha value is -0.740. The third-order valence-electron chi connectivity index (χ3n) is 0.793. The number of carbonyl (C=O) groups excluding carboxylic acids is 1. The summed E-state index contributed by atoms with van der Waals surface area (Å²) in [7, 11) is 0. The molecule has 0 spiro atoms. The van der Waals surface area contributed by atoms with Crippen LogP contribution in [0.15, 0.2) is 4.99 Å². The van der Waals surface area contributed by atoms with Crippen LogP contribution < -0.4 is 0 Å². The van der Waals surface area contributed by atoms with E-state index < -0.39 is 24.9 Å². The highest BCUT2D eigenvalue weighted by Gasteiger charge is 2.27. The van der Waals surface area contributed by atoms with Gasteiger partial charge >= 0.3 is 6.18 Å². The molecule has 0 aromatic carbocycles. The minimum atomic E-state index is -4.31. The summed E-state index contributed by atoms with van der Waals surface area (Å²) >= 11 is 4.02. The molecule has 0 aromatic heterocycles. The van der Waals surface area contributed by atoms with E-state index in [4.69, 9.17) is 0 Å². The molecular formula is C5H4F3NOS. The van der Waals surface area contributed by atoms with E-state index >= 15 is 0 Å². The number of rotatable bonds is 2. The van der Waals surface area contributed by atoms with Crippen LogP contribution in [-0.2, 0) is 4.79 Å². The fraction of sp³-hybridized carbons (Fsp3) is 0.600. The number of hydrogen-bond acceptors (Lipinski definition) is 2. The van der Waals surface area contributed by atoms with Crippen LogP contribution in [-0.4, -0.2) is 17.2 Å². The van der Waals surface area contributed by atoms with Crippen LogP contribution in [0.3, 0.4) is 0 Å². The summed E-state index contributed by atoms with van der Waals surface area (Å²) in [6.45, 7) is 0. The van der Waals surface area contributed by atoms with Gasteiger partial charge in [-0.25, -0.2) is 0 Å². The van der Waals surface area contributed by atoms with Gasteiger partial charge in [0.2, 0.25) is 0 Å². The number of amides is 1. The molecule has 0 fully saturated rings. The molecule has 1 amide bonds. The van der Waals surface area contributed by atoms with Crippen molar-refractivity contribution in [1.82, 2.24) is 0 Å². The predicted molar refractivity (Wildman–Crippen MR) is 35.3 cm³/mol. The fourth-order valence-corrected chi connectivity index (χ4v) is 0.457. The van der Waals surface area contributed by atoms with Gasteiger partial charge in [0.05, 0.1) is 11.6 Å². The van der Waals surface area contributed by atoms with Crippen molar-refractivity contribution >= 4 is 23.3 Å². The average Bonchev–Trinajstić information content (AvgIpc) is 1.83. The fourth-order valence-electron chi connectivity index (χ4n) is 0.355. The molecule has 0 rings (SSSR count). The minimum absolute atomic E-state index is 0.660. The first kappa shape index (κ1) is 10.3. The van der Waals surface area contributed by atoms with Gasteiger partial charge in [-0.2, -0.15) is 18.2 Å². The van der Waals surface area contributed by atoms with E-state index in [0.717, 1.165) is 0 Å². The first-order chi connectivity index (χ1) is 4.95. The van der Waals surface area contributed by atoms with Crippen molar-refractivity contribution in [1.29, 1.82) is 0 Å². The first-order valence-electron chi connectivity index (χ1n) is 2.63. The highest BCUT2D eigenvalue weighted by Crippen LogP contribution is 2.21. The molecule has 0 radical (unpaired) electrons. The summed E-state index contributed by atoms with van der Waals surface area (Å²) in [5.74, 6) is -0.891. The van der Waals surface area contributed by atoms with Crippen LogP contribution >= 0.6 is 12.2 Å². The van der Waals surface area contributed by atoms with E-state index in [1.54, 1.807) is 5.16 Å². The summed E-state index contributed by atoms with van der Waals surface area (Å²) in [6.07, 6.45) is -6.13. The third kappa shape index (κ3) is 7.15. The van der Waals surface area contributed by atoms with Crippen LogP contribution in [0.1, 0.15) is 12.8 Å². The van der Waals surface area contributed by atoms with E-state index in [0.29, 0.717) is 0 Å². The lowest BCUT2D eigenvalue weighted by atomic mass is 10.3. The van der Waals surface area contributed by atoms with Gasteiger partial charge in [0.1, 0.15) is 0 Å². The Bertz CT molecular complexity index is 194. The van der Waals surface area contributed by atoms with Crippen molar-refractivity contribution < 1.29 is 18.0 Å². The molecule has 2 nitrogen and oxygen atoms in total. The molecule has 0 atom stereocenters. The highest BCUT2D eigenvalue weighted by atomic mass is 32.1. The summed E-state index contributed by atoms with van der Waals surface area (Å²) in [4.78, 5) is 13.1. The van der Waals surface area contributed by atoms with Gasteiger partial charge in [0.15, 0.2) is 0 Å². The second-order valence-corrected chi connectivity index (χ2v) is 1.89. The molecule has 0 aliphatic rings. The molecule has 0 N–H and O–H groups in total. The second kappa shape index (κ2) is 4.20.